The second-order valence-corrected chi connectivity index (χ2v) is 5.30. The fourth-order valence-corrected chi connectivity index (χ4v) is 3.03. The zero-order chi connectivity index (χ0) is 13.2. The Morgan fingerprint density at radius 1 is 1.00 bits per heavy atom. The zero-order valence-electron chi connectivity index (χ0n) is 10.4. The first-order valence-corrected chi connectivity index (χ1v) is 6.75. The van der Waals surface area contributed by atoms with Crippen LogP contribution in [0.5, 0.6) is 0 Å². The van der Waals surface area contributed by atoms with Gasteiger partial charge in [0.2, 0.25) is 0 Å². The van der Waals surface area contributed by atoms with E-state index in [1.807, 2.05) is 49.4 Å². The molecule has 3 heteroatoms. The average Bonchev–Trinajstić information content (AvgIpc) is 2.85. The van der Waals surface area contributed by atoms with Crippen molar-refractivity contribution in [1.82, 2.24) is 0 Å². The normalized spacial score (nSPS) is 10.5. The molecular weight excluding hydrogens is 254 g/mol. The van der Waals surface area contributed by atoms with Crippen LogP contribution in [0.25, 0.3) is 10.8 Å². The lowest BCUT2D eigenvalue weighted by Crippen LogP contribution is -1.83. The van der Waals surface area contributed by atoms with Crippen molar-refractivity contribution in [1.29, 1.82) is 5.26 Å². The third-order valence-corrected chi connectivity index (χ3v) is 4.26. The van der Waals surface area contributed by atoms with E-state index in [0.717, 1.165) is 26.3 Å². The molecule has 0 aliphatic carbocycles. The molecule has 0 N–H and O–H groups in total. The predicted molar refractivity (Wildman–Crippen MR) is 76.2 cm³/mol. The van der Waals surface area contributed by atoms with Crippen LogP contribution in [-0.2, 0) is 0 Å². The molecule has 0 saturated heterocycles. The third kappa shape index (κ3) is 2.11. The number of hydrogen-bond donors (Lipinski definition) is 0. The highest BCUT2D eigenvalue weighted by atomic mass is 32.2. The van der Waals surface area contributed by atoms with E-state index in [1.165, 1.54) is 0 Å². The molecule has 0 radical (unpaired) electrons. The molecule has 0 spiro atoms. The SMILES string of the molecule is Cc1occc1Sc1ccc(C#N)c2ccccc12. The highest BCUT2D eigenvalue weighted by Crippen LogP contribution is 2.36. The van der Waals surface area contributed by atoms with Gasteiger partial charge in [0.05, 0.1) is 22.8 Å². The number of benzene rings is 2. The smallest absolute Gasteiger partial charge is 0.114 e. The molecule has 92 valence electrons. The fourth-order valence-electron chi connectivity index (χ4n) is 2.06. The quantitative estimate of drug-likeness (QED) is 0.670. The Kier molecular flexibility index (Phi) is 3.02. The number of rotatable bonds is 2. The number of furan rings is 1. The maximum Gasteiger partial charge on any atom is 0.114 e. The van der Waals surface area contributed by atoms with E-state index in [2.05, 4.69) is 6.07 Å². The molecule has 2 aromatic carbocycles. The van der Waals surface area contributed by atoms with Crippen molar-refractivity contribution in [2.75, 3.05) is 0 Å². The van der Waals surface area contributed by atoms with Crippen LogP contribution in [0.3, 0.4) is 0 Å². The van der Waals surface area contributed by atoms with Gasteiger partial charge in [-0.1, -0.05) is 36.0 Å². The zero-order valence-corrected chi connectivity index (χ0v) is 11.2. The topological polar surface area (TPSA) is 36.9 Å². The van der Waals surface area contributed by atoms with Gasteiger partial charge in [-0.05, 0) is 30.5 Å². The van der Waals surface area contributed by atoms with Crippen LogP contribution in [0.2, 0.25) is 0 Å². The molecule has 1 aromatic heterocycles. The van der Waals surface area contributed by atoms with Gasteiger partial charge < -0.3 is 4.42 Å². The van der Waals surface area contributed by atoms with Gasteiger partial charge in [-0.15, -0.1) is 0 Å². The van der Waals surface area contributed by atoms with Gasteiger partial charge in [0.1, 0.15) is 5.76 Å². The Morgan fingerprint density at radius 3 is 2.47 bits per heavy atom. The van der Waals surface area contributed by atoms with Gasteiger partial charge >= 0.3 is 0 Å². The molecule has 0 amide bonds. The van der Waals surface area contributed by atoms with Gasteiger partial charge in [0.15, 0.2) is 0 Å². The molecular formula is C16H11NOS. The lowest BCUT2D eigenvalue weighted by atomic mass is 10.1. The first-order valence-electron chi connectivity index (χ1n) is 5.93. The summed E-state index contributed by atoms with van der Waals surface area (Å²) >= 11 is 1.67. The summed E-state index contributed by atoms with van der Waals surface area (Å²) in [5, 5.41) is 11.3. The molecule has 3 aromatic rings. The summed E-state index contributed by atoms with van der Waals surface area (Å²) in [6, 6.07) is 16.1. The van der Waals surface area contributed by atoms with Crippen LogP contribution in [0, 0.1) is 18.3 Å². The van der Waals surface area contributed by atoms with Gasteiger partial charge in [0.25, 0.3) is 0 Å². The number of nitrogens with zero attached hydrogens (tertiary/aromatic N) is 1. The molecule has 2 nitrogen and oxygen atoms in total. The highest BCUT2D eigenvalue weighted by Gasteiger charge is 2.09. The number of hydrogen-bond acceptors (Lipinski definition) is 3. The summed E-state index contributed by atoms with van der Waals surface area (Å²) in [4.78, 5) is 2.24. The van der Waals surface area contributed by atoms with E-state index < -0.39 is 0 Å². The summed E-state index contributed by atoms with van der Waals surface area (Å²) in [6.07, 6.45) is 1.70. The maximum atomic E-state index is 9.16. The number of aryl methyl sites for hydroxylation is 1. The molecule has 0 bridgehead atoms. The maximum absolute atomic E-state index is 9.16. The van der Waals surface area contributed by atoms with Crippen molar-refractivity contribution in [3.05, 3.63) is 60.1 Å². The number of nitriles is 1. The molecule has 0 atom stereocenters. The van der Waals surface area contributed by atoms with Gasteiger partial charge in [-0.3, -0.25) is 0 Å². The van der Waals surface area contributed by atoms with E-state index in [4.69, 9.17) is 9.68 Å². The molecule has 0 aliphatic heterocycles. The molecule has 3 rings (SSSR count). The standard InChI is InChI=1S/C16H11NOS/c1-11-15(8-9-18-11)19-16-7-6-12(10-17)13-4-2-3-5-14(13)16/h2-9H,1H3. The van der Waals surface area contributed by atoms with Crippen molar-refractivity contribution >= 4 is 22.5 Å². The second kappa shape index (κ2) is 4.83. The molecule has 0 saturated carbocycles. The largest absolute Gasteiger partial charge is 0.468 e. The van der Waals surface area contributed by atoms with Crippen LogP contribution in [0.15, 0.2) is 62.9 Å². The van der Waals surface area contributed by atoms with E-state index in [9.17, 15) is 0 Å². The van der Waals surface area contributed by atoms with Gasteiger partial charge in [-0.25, -0.2) is 0 Å². The molecule has 0 fully saturated rings. The minimum Gasteiger partial charge on any atom is -0.468 e. The number of fused-ring (bicyclic) bond motifs is 1. The summed E-state index contributed by atoms with van der Waals surface area (Å²) in [5.74, 6) is 0.915. The Bertz CT molecular complexity index is 783. The monoisotopic (exact) mass is 265 g/mol. The Hall–Kier alpha value is -2.18. The molecule has 19 heavy (non-hydrogen) atoms. The fraction of sp³-hybridized carbons (Fsp3) is 0.0625. The van der Waals surface area contributed by atoms with Crippen molar-refractivity contribution < 1.29 is 4.42 Å². The summed E-state index contributed by atoms with van der Waals surface area (Å²) in [7, 11) is 0. The molecule has 1 heterocycles. The highest BCUT2D eigenvalue weighted by molar-refractivity contribution is 7.99. The summed E-state index contributed by atoms with van der Waals surface area (Å²) in [5.41, 5.74) is 0.712. The third-order valence-electron chi connectivity index (χ3n) is 3.04. The van der Waals surface area contributed by atoms with Crippen molar-refractivity contribution in [2.24, 2.45) is 0 Å². The Balaban J connectivity index is 2.15. The second-order valence-electron chi connectivity index (χ2n) is 4.21. The summed E-state index contributed by atoms with van der Waals surface area (Å²) in [6.45, 7) is 1.95. The lowest BCUT2D eigenvalue weighted by molar-refractivity contribution is 0.527. The van der Waals surface area contributed by atoms with Crippen molar-refractivity contribution in [2.45, 2.75) is 16.7 Å². The summed E-state index contributed by atoms with van der Waals surface area (Å²) < 4.78 is 5.32. The molecule has 0 unspecified atom stereocenters. The van der Waals surface area contributed by atoms with Gasteiger partial charge in [0, 0.05) is 10.3 Å². The minimum absolute atomic E-state index is 0.712. The minimum atomic E-state index is 0.712. The van der Waals surface area contributed by atoms with Crippen LogP contribution < -0.4 is 0 Å². The average molecular weight is 265 g/mol. The van der Waals surface area contributed by atoms with E-state index in [-0.39, 0.29) is 0 Å². The lowest BCUT2D eigenvalue weighted by Gasteiger charge is -2.06. The van der Waals surface area contributed by atoms with Crippen molar-refractivity contribution in [3.8, 4) is 6.07 Å². The first kappa shape index (κ1) is 11.9. The molecule has 0 aliphatic rings. The van der Waals surface area contributed by atoms with E-state index >= 15 is 0 Å². The first-order chi connectivity index (χ1) is 9.29. The Morgan fingerprint density at radius 2 is 1.79 bits per heavy atom. The van der Waals surface area contributed by atoms with Crippen LogP contribution in [0.4, 0.5) is 0 Å². The predicted octanol–water partition coefficient (Wildman–Crippen LogP) is 4.76. The Labute approximate surface area is 115 Å². The van der Waals surface area contributed by atoms with Crippen LogP contribution in [0.1, 0.15) is 11.3 Å². The van der Waals surface area contributed by atoms with Crippen LogP contribution >= 0.6 is 11.8 Å². The van der Waals surface area contributed by atoms with Gasteiger partial charge in [-0.2, -0.15) is 5.26 Å². The van der Waals surface area contributed by atoms with Crippen molar-refractivity contribution in [3.63, 3.8) is 0 Å². The van der Waals surface area contributed by atoms with Crippen LogP contribution in [-0.4, -0.2) is 0 Å². The van der Waals surface area contributed by atoms with E-state index in [0.29, 0.717) is 5.56 Å². The van der Waals surface area contributed by atoms with E-state index in [1.54, 1.807) is 18.0 Å².